The van der Waals surface area contributed by atoms with E-state index in [-0.39, 0.29) is 5.41 Å². The van der Waals surface area contributed by atoms with E-state index in [1.54, 1.807) is 0 Å². The Labute approximate surface area is 110 Å². The Morgan fingerprint density at radius 3 is 2.50 bits per heavy atom. The fourth-order valence-electron chi connectivity index (χ4n) is 2.99. The maximum atomic E-state index is 9.69. The predicted molar refractivity (Wildman–Crippen MR) is 73.2 cm³/mol. The fraction of sp³-hybridized carbons (Fsp3) is 0.667. The van der Waals surface area contributed by atoms with Gasteiger partial charge in [0.05, 0.1) is 0 Å². The molecule has 2 rings (SSSR count). The highest BCUT2D eigenvalue weighted by Crippen LogP contribution is 2.38. The molecule has 0 radical (unpaired) electrons. The monoisotopic (exact) mass is 248 g/mol. The van der Waals surface area contributed by atoms with E-state index in [2.05, 4.69) is 28.9 Å². The van der Waals surface area contributed by atoms with Crippen molar-refractivity contribution < 1.29 is 5.11 Å². The molecule has 1 fully saturated rings. The number of hydrogen-bond acceptors (Lipinski definition) is 3. The normalized spacial score (nSPS) is 18.4. The first-order valence-electron chi connectivity index (χ1n) is 7.00. The zero-order chi connectivity index (χ0) is 12.8. The smallest absolute Gasteiger partial charge is 0.0499 e. The largest absolute Gasteiger partial charge is 0.396 e. The molecule has 1 aromatic rings. The Hall–Kier alpha value is -0.930. The third-order valence-electron chi connectivity index (χ3n) is 4.16. The van der Waals surface area contributed by atoms with Gasteiger partial charge < -0.3 is 5.11 Å². The van der Waals surface area contributed by atoms with Gasteiger partial charge in [0, 0.05) is 37.5 Å². The minimum absolute atomic E-state index is 0.156. The van der Waals surface area contributed by atoms with E-state index >= 15 is 0 Å². The minimum atomic E-state index is 0.156. The summed E-state index contributed by atoms with van der Waals surface area (Å²) in [5, 5.41) is 9.69. The van der Waals surface area contributed by atoms with E-state index in [0.717, 1.165) is 19.6 Å². The van der Waals surface area contributed by atoms with Gasteiger partial charge in [-0.3, -0.25) is 9.88 Å². The average Bonchev–Trinajstić information content (AvgIpc) is 2.88. The van der Waals surface area contributed by atoms with Gasteiger partial charge in [0.15, 0.2) is 0 Å². The third kappa shape index (κ3) is 3.30. The topological polar surface area (TPSA) is 36.4 Å². The Bertz CT molecular complexity index is 347. The van der Waals surface area contributed by atoms with Crippen molar-refractivity contribution in [2.24, 2.45) is 5.41 Å². The van der Waals surface area contributed by atoms with Crippen molar-refractivity contribution in [3.63, 3.8) is 0 Å². The summed E-state index contributed by atoms with van der Waals surface area (Å²) in [6, 6.07) is 4.14. The quantitative estimate of drug-likeness (QED) is 0.840. The maximum absolute atomic E-state index is 9.69. The highest BCUT2D eigenvalue weighted by atomic mass is 16.3. The summed E-state index contributed by atoms with van der Waals surface area (Å²) in [7, 11) is 0. The molecule has 18 heavy (non-hydrogen) atoms. The van der Waals surface area contributed by atoms with Crippen LogP contribution >= 0.6 is 0 Å². The van der Waals surface area contributed by atoms with Crippen LogP contribution in [0.5, 0.6) is 0 Å². The minimum Gasteiger partial charge on any atom is -0.396 e. The lowest BCUT2D eigenvalue weighted by Crippen LogP contribution is -2.38. The van der Waals surface area contributed by atoms with Gasteiger partial charge in [-0.2, -0.15) is 0 Å². The zero-order valence-corrected chi connectivity index (χ0v) is 11.3. The molecule has 3 heteroatoms. The van der Waals surface area contributed by atoms with Gasteiger partial charge in [0.1, 0.15) is 0 Å². The van der Waals surface area contributed by atoms with Crippen LogP contribution in [0.15, 0.2) is 24.5 Å². The molecule has 0 saturated heterocycles. The number of rotatable bonds is 6. The number of aliphatic hydroxyl groups is 1. The van der Waals surface area contributed by atoms with Gasteiger partial charge in [0.25, 0.3) is 0 Å². The molecule has 0 amide bonds. The maximum Gasteiger partial charge on any atom is 0.0499 e. The second-order valence-corrected chi connectivity index (χ2v) is 5.52. The van der Waals surface area contributed by atoms with Crippen LogP contribution in [-0.2, 0) is 6.54 Å². The van der Waals surface area contributed by atoms with E-state index in [4.69, 9.17) is 0 Å². The molecule has 1 N–H and O–H groups in total. The number of pyridine rings is 1. The molecule has 1 aromatic heterocycles. The molecule has 1 heterocycles. The molecule has 100 valence electrons. The first-order chi connectivity index (χ1) is 8.78. The molecule has 0 atom stereocenters. The van der Waals surface area contributed by atoms with Crippen molar-refractivity contribution >= 4 is 0 Å². The molecular formula is C15H24N2O. The predicted octanol–water partition coefficient (Wildman–Crippen LogP) is 2.46. The lowest BCUT2D eigenvalue weighted by molar-refractivity contribution is 0.0773. The van der Waals surface area contributed by atoms with Crippen LogP contribution in [0.2, 0.25) is 0 Å². The summed E-state index contributed by atoms with van der Waals surface area (Å²) in [4.78, 5) is 6.49. The zero-order valence-electron chi connectivity index (χ0n) is 11.3. The molecule has 0 aliphatic heterocycles. The van der Waals surface area contributed by atoms with E-state index in [0.29, 0.717) is 6.61 Å². The molecule has 0 spiro atoms. The van der Waals surface area contributed by atoms with E-state index in [9.17, 15) is 5.11 Å². The van der Waals surface area contributed by atoms with Gasteiger partial charge >= 0.3 is 0 Å². The van der Waals surface area contributed by atoms with E-state index in [1.807, 2.05) is 12.4 Å². The van der Waals surface area contributed by atoms with Gasteiger partial charge in [-0.1, -0.05) is 19.8 Å². The molecule has 0 bridgehead atoms. The Morgan fingerprint density at radius 2 is 1.94 bits per heavy atom. The second-order valence-electron chi connectivity index (χ2n) is 5.52. The van der Waals surface area contributed by atoms with Gasteiger partial charge in [-0.15, -0.1) is 0 Å². The highest BCUT2D eigenvalue weighted by Gasteiger charge is 2.34. The van der Waals surface area contributed by atoms with Crippen LogP contribution in [-0.4, -0.2) is 34.7 Å². The van der Waals surface area contributed by atoms with Crippen molar-refractivity contribution in [1.29, 1.82) is 0 Å². The Balaban J connectivity index is 1.96. The van der Waals surface area contributed by atoms with Crippen LogP contribution in [0.3, 0.4) is 0 Å². The third-order valence-corrected chi connectivity index (χ3v) is 4.16. The summed E-state index contributed by atoms with van der Waals surface area (Å²) in [6.45, 7) is 5.54. The van der Waals surface area contributed by atoms with Gasteiger partial charge in [-0.05, 0) is 37.1 Å². The second kappa shape index (κ2) is 6.30. The summed E-state index contributed by atoms with van der Waals surface area (Å²) in [5.41, 5.74) is 1.46. The van der Waals surface area contributed by atoms with Crippen molar-refractivity contribution in [1.82, 2.24) is 9.88 Å². The van der Waals surface area contributed by atoms with Crippen LogP contribution in [0, 0.1) is 5.41 Å². The summed E-state index contributed by atoms with van der Waals surface area (Å²) in [5.74, 6) is 0. The Morgan fingerprint density at radius 1 is 1.28 bits per heavy atom. The van der Waals surface area contributed by atoms with Gasteiger partial charge in [0.2, 0.25) is 0 Å². The van der Waals surface area contributed by atoms with Crippen LogP contribution in [0.25, 0.3) is 0 Å². The molecule has 3 nitrogen and oxygen atoms in total. The Kier molecular flexibility index (Phi) is 4.72. The molecule has 0 aromatic carbocycles. The van der Waals surface area contributed by atoms with Crippen LogP contribution in [0.4, 0.5) is 0 Å². The van der Waals surface area contributed by atoms with E-state index < -0.39 is 0 Å². The SMILES string of the molecule is CCN(Cc1ccncc1)CC1(CO)CCCC1. The van der Waals surface area contributed by atoms with E-state index in [1.165, 1.54) is 31.2 Å². The van der Waals surface area contributed by atoms with Gasteiger partial charge in [-0.25, -0.2) is 0 Å². The number of aromatic nitrogens is 1. The molecule has 1 aliphatic rings. The van der Waals surface area contributed by atoms with Crippen molar-refractivity contribution in [2.45, 2.75) is 39.2 Å². The summed E-state index contributed by atoms with van der Waals surface area (Å²) in [6.07, 6.45) is 8.59. The van der Waals surface area contributed by atoms with Crippen LogP contribution in [0.1, 0.15) is 38.2 Å². The first-order valence-corrected chi connectivity index (χ1v) is 7.00. The lowest BCUT2D eigenvalue weighted by atomic mass is 9.86. The molecule has 1 saturated carbocycles. The highest BCUT2D eigenvalue weighted by molar-refractivity contribution is 5.09. The molecular weight excluding hydrogens is 224 g/mol. The lowest BCUT2D eigenvalue weighted by Gasteiger charge is -2.33. The standard InChI is InChI=1S/C15H24N2O/c1-2-17(11-14-5-9-16-10-6-14)12-15(13-18)7-3-4-8-15/h5-6,9-10,18H,2-4,7-8,11-13H2,1H3. The number of aliphatic hydroxyl groups excluding tert-OH is 1. The first kappa shape index (κ1) is 13.5. The molecule has 1 aliphatic carbocycles. The van der Waals surface area contributed by atoms with Crippen molar-refractivity contribution in [3.8, 4) is 0 Å². The number of hydrogen-bond donors (Lipinski definition) is 1. The van der Waals surface area contributed by atoms with Crippen molar-refractivity contribution in [2.75, 3.05) is 19.7 Å². The number of nitrogens with zero attached hydrogens (tertiary/aromatic N) is 2. The summed E-state index contributed by atoms with van der Waals surface area (Å²) >= 11 is 0. The van der Waals surface area contributed by atoms with Crippen LogP contribution < -0.4 is 0 Å². The average molecular weight is 248 g/mol. The van der Waals surface area contributed by atoms with Crippen molar-refractivity contribution in [3.05, 3.63) is 30.1 Å². The molecule has 0 unspecified atom stereocenters. The summed E-state index contributed by atoms with van der Waals surface area (Å²) < 4.78 is 0. The fourth-order valence-corrected chi connectivity index (χ4v) is 2.99.